The van der Waals surface area contributed by atoms with Gasteiger partial charge in [0.05, 0.1) is 9.40 Å². The normalized spacial score (nSPS) is 15.1. The maximum atomic E-state index is 12.2. The van der Waals surface area contributed by atoms with E-state index in [1.54, 1.807) is 12.1 Å². The number of halogens is 1. The molecule has 0 saturated carbocycles. The Morgan fingerprint density at radius 1 is 1.07 bits per heavy atom. The number of nitro benzene ring substituents is 1. The minimum Gasteiger partial charge on any atom is -0.402 e. The predicted molar refractivity (Wildman–Crippen MR) is 105 cm³/mol. The second-order valence-corrected chi connectivity index (χ2v) is 6.69. The van der Waals surface area contributed by atoms with E-state index in [2.05, 4.69) is 20.9 Å². The summed E-state index contributed by atoms with van der Waals surface area (Å²) in [4.78, 5) is 27.0. The summed E-state index contributed by atoms with van der Waals surface area (Å²) in [5.41, 5.74) is 1.42. The molecule has 0 spiro atoms. The monoisotopic (exact) mass is 422 g/mol. The molecule has 0 fully saturated rings. The molecular weight excluding hydrogens is 412 g/mol. The number of carbonyl (C=O) groups is 1. The molecule has 3 aromatic carbocycles. The number of hydrogen-bond donors (Lipinski definition) is 0. The molecule has 0 N–H and O–H groups in total. The molecule has 0 bridgehead atoms. The number of hydrogen-bond acceptors (Lipinski definition) is 5. The lowest BCUT2D eigenvalue weighted by atomic mass is 10.0. The quantitative estimate of drug-likeness (QED) is 0.261. The van der Waals surface area contributed by atoms with Crippen molar-refractivity contribution in [3.63, 3.8) is 0 Å². The fourth-order valence-electron chi connectivity index (χ4n) is 2.86. The first-order valence-corrected chi connectivity index (χ1v) is 8.77. The molecule has 1 aliphatic heterocycles. The zero-order chi connectivity index (χ0) is 19.0. The van der Waals surface area contributed by atoms with Crippen LogP contribution in [-0.4, -0.2) is 16.8 Å². The van der Waals surface area contributed by atoms with Gasteiger partial charge in [-0.2, -0.15) is 0 Å². The molecule has 132 valence electrons. The molecule has 0 aliphatic carbocycles. The van der Waals surface area contributed by atoms with Gasteiger partial charge >= 0.3 is 5.97 Å². The summed E-state index contributed by atoms with van der Waals surface area (Å²) in [6, 6.07) is 17.9. The van der Waals surface area contributed by atoms with Gasteiger partial charge in [-0.15, -0.1) is 0 Å². The van der Waals surface area contributed by atoms with E-state index in [1.165, 1.54) is 12.1 Å². The summed E-state index contributed by atoms with van der Waals surface area (Å²) in [6.07, 6.45) is 1.54. The van der Waals surface area contributed by atoms with Gasteiger partial charge in [-0.3, -0.25) is 10.1 Å². The summed E-state index contributed by atoms with van der Waals surface area (Å²) in [7, 11) is 0. The number of nitrogens with zero attached hydrogens (tertiary/aromatic N) is 2. The molecule has 0 unspecified atom stereocenters. The van der Waals surface area contributed by atoms with Crippen LogP contribution >= 0.6 is 15.9 Å². The second kappa shape index (κ2) is 6.77. The number of esters is 1. The van der Waals surface area contributed by atoms with Gasteiger partial charge in [-0.1, -0.05) is 36.4 Å². The van der Waals surface area contributed by atoms with Gasteiger partial charge in [0.1, 0.15) is 0 Å². The number of rotatable bonds is 3. The fraction of sp³-hybridized carbons (Fsp3) is 0. The average Bonchev–Trinajstić information content (AvgIpc) is 3.01. The maximum Gasteiger partial charge on any atom is 0.363 e. The average molecular weight is 423 g/mol. The van der Waals surface area contributed by atoms with E-state index < -0.39 is 10.9 Å². The number of benzene rings is 3. The van der Waals surface area contributed by atoms with Crippen molar-refractivity contribution in [2.75, 3.05) is 0 Å². The number of fused-ring (bicyclic) bond motifs is 1. The third kappa shape index (κ3) is 3.24. The smallest absolute Gasteiger partial charge is 0.363 e. The van der Waals surface area contributed by atoms with Crippen LogP contribution in [0.15, 0.2) is 75.8 Å². The van der Waals surface area contributed by atoms with Gasteiger partial charge in [0, 0.05) is 11.6 Å². The van der Waals surface area contributed by atoms with Crippen LogP contribution in [0.5, 0.6) is 0 Å². The van der Waals surface area contributed by atoms with Crippen molar-refractivity contribution in [3.05, 3.63) is 92.1 Å². The Morgan fingerprint density at radius 2 is 1.85 bits per heavy atom. The zero-order valence-electron chi connectivity index (χ0n) is 13.8. The van der Waals surface area contributed by atoms with E-state index in [0.29, 0.717) is 10.0 Å². The van der Waals surface area contributed by atoms with Crippen LogP contribution in [0.25, 0.3) is 16.8 Å². The van der Waals surface area contributed by atoms with Gasteiger partial charge in [0.25, 0.3) is 5.69 Å². The molecule has 1 heterocycles. The van der Waals surface area contributed by atoms with Crippen LogP contribution in [0.3, 0.4) is 0 Å². The fourth-order valence-corrected chi connectivity index (χ4v) is 3.40. The van der Waals surface area contributed by atoms with Crippen LogP contribution in [0, 0.1) is 10.1 Å². The number of nitro groups is 1. The highest BCUT2D eigenvalue weighted by Crippen LogP contribution is 2.28. The van der Waals surface area contributed by atoms with Crippen LogP contribution in [0.1, 0.15) is 11.1 Å². The van der Waals surface area contributed by atoms with Crippen LogP contribution in [0.2, 0.25) is 0 Å². The van der Waals surface area contributed by atoms with E-state index >= 15 is 0 Å². The summed E-state index contributed by atoms with van der Waals surface area (Å²) in [5.74, 6) is -0.323. The van der Waals surface area contributed by atoms with Crippen molar-refractivity contribution < 1.29 is 14.5 Å². The van der Waals surface area contributed by atoms with E-state index in [1.807, 2.05) is 42.5 Å². The van der Waals surface area contributed by atoms with E-state index in [4.69, 9.17) is 4.74 Å². The number of ether oxygens (including phenoxy) is 1. The third-order valence-electron chi connectivity index (χ3n) is 4.11. The topological polar surface area (TPSA) is 81.8 Å². The second-order valence-electron chi connectivity index (χ2n) is 5.83. The van der Waals surface area contributed by atoms with Crippen molar-refractivity contribution in [3.8, 4) is 0 Å². The Kier molecular flexibility index (Phi) is 4.29. The highest BCUT2D eigenvalue weighted by Gasteiger charge is 2.25. The first kappa shape index (κ1) is 17.1. The molecule has 1 aliphatic rings. The highest BCUT2D eigenvalue weighted by molar-refractivity contribution is 9.10. The minimum absolute atomic E-state index is 0.0499. The molecule has 6 nitrogen and oxygen atoms in total. The molecule has 0 atom stereocenters. The molecule has 0 radical (unpaired) electrons. The molecule has 0 aromatic heterocycles. The van der Waals surface area contributed by atoms with Crippen molar-refractivity contribution in [2.45, 2.75) is 0 Å². The Morgan fingerprint density at radius 3 is 2.63 bits per heavy atom. The summed E-state index contributed by atoms with van der Waals surface area (Å²) in [5, 5.41) is 12.9. The molecule has 4 rings (SSSR count). The van der Waals surface area contributed by atoms with Crippen molar-refractivity contribution in [1.82, 2.24) is 0 Å². The SMILES string of the molecule is O=C1OC(c2cccc3ccccc23)=NC1=Cc1ccc([N+](=O)[O-])c(Br)c1. The summed E-state index contributed by atoms with van der Waals surface area (Å²) < 4.78 is 5.68. The van der Waals surface area contributed by atoms with Crippen molar-refractivity contribution in [1.29, 1.82) is 0 Å². The van der Waals surface area contributed by atoms with E-state index in [9.17, 15) is 14.9 Å². The zero-order valence-corrected chi connectivity index (χ0v) is 15.3. The van der Waals surface area contributed by atoms with Gasteiger partial charge < -0.3 is 4.74 Å². The maximum absolute atomic E-state index is 12.2. The van der Waals surface area contributed by atoms with Crippen molar-refractivity contribution >= 4 is 50.3 Å². The number of cyclic esters (lactones) is 1. The van der Waals surface area contributed by atoms with Gasteiger partial charge in [0.15, 0.2) is 5.70 Å². The largest absolute Gasteiger partial charge is 0.402 e. The minimum atomic E-state index is -0.563. The Balaban J connectivity index is 1.74. The molecule has 0 saturated heterocycles. The lowest BCUT2D eigenvalue weighted by Gasteiger charge is -2.04. The Labute approximate surface area is 162 Å². The van der Waals surface area contributed by atoms with Crippen LogP contribution in [0.4, 0.5) is 5.69 Å². The number of carbonyl (C=O) groups excluding carboxylic acids is 1. The van der Waals surface area contributed by atoms with Crippen LogP contribution < -0.4 is 0 Å². The first-order valence-electron chi connectivity index (χ1n) is 7.97. The molecular formula is C20H11BrN2O4. The first-order chi connectivity index (χ1) is 13.0. The lowest BCUT2D eigenvalue weighted by Crippen LogP contribution is -2.05. The van der Waals surface area contributed by atoms with Crippen LogP contribution in [-0.2, 0) is 9.53 Å². The Bertz CT molecular complexity index is 1160. The van der Waals surface area contributed by atoms with Gasteiger partial charge in [-0.05, 0) is 56.5 Å². The van der Waals surface area contributed by atoms with E-state index in [-0.39, 0.29) is 17.3 Å². The standard InChI is InChI=1S/C20H11BrN2O4/c21-16-10-12(8-9-18(16)23(25)26)11-17-20(24)27-19(22-17)15-7-3-5-13-4-1-2-6-14(13)15/h1-11H. The summed E-state index contributed by atoms with van der Waals surface area (Å²) in [6.45, 7) is 0. The van der Waals surface area contributed by atoms with Gasteiger partial charge in [0.2, 0.25) is 5.90 Å². The molecule has 3 aromatic rings. The summed E-state index contributed by atoms with van der Waals surface area (Å²) >= 11 is 3.17. The Hall–Kier alpha value is -3.32. The third-order valence-corrected chi connectivity index (χ3v) is 4.75. The molecule has 7 heteroatoms. The lowest BCUT2D eigenvalue weighted by molar-refractivity contribution is -0.385. The number of aliphatic imine (C=N–C) groups is 1. The van der Waals surface area contributed by atoms with E-state index in [0.717, 1.165) is 16.3 Å². The highest BCUT2D eigenvalue weighted by atomic mass is 79.9. The van der Waals surface area contributed by atoms with Crippen molar-refractivity contribution in [2.24, 2.45) is 4.99 Å². The molecule has 0 amide bonds. The van der Waals surface area contributed by atoms with Gasteiger partial charge in [-0.25, -0.2) is 9.79 Å². The molecule has 27 heavy (non-hydrogen) atoms. The predicted octanol–water partition coefficient (Wildman–Crippen LogP) is 4.86.